The first-order chi connectivity index (χ1) is 18.2. The molecule has 2 heterocycles. The number of aliphatic hydroxyl groups excluding tert-OH is 1. The van der Waals surface area contributed by atoms with Crippen LogP contribution in [0.15, 0.2) is 42.2 Å². The fourth-order valence-corrected chi connectivity index (χ4v) is 4.90. The molecule has 0 saturated heterocycles. The molecule has 0 saturated carbocycles. The number of aliphatic hydroxyl groups is 1. The van der Waals surface area contributed by atoms with Crippen LogP contribution in [0.1, 0.15) is 69.5 Å². The van der Waals surface area contributed by atoms with Crippen molar-refractivity contribution in [2.75, 3.05) is 19.6 Å². The van der Waals surface area contributed by atoms with Gasteiger partial charge in [0.05, 0.1) is 28.4 Å². The number of aromatic nitrogens is 2. The van der Waals surface area contributed by atoms with Gasteiger partial charge in [0, 0.05) is 55.4 Å². The number of rotatable bonds is 14. The molecule has 2 atom stereocenters. The summed E-state index contributed by atoms with van der Waals surface area (Å²) in [4.78, 5) is 36.7. The van der Waals surface area contributed by atoms with E-state index in [0.717, 1.165) is 23.8 Å². The summed E-state index contributed by atoms with van der Waals surface area (Å²) < 4.78 is 27.9. The van der Waals surface area contributed by atoms with Gasteiger partial charge in [-0.3, -0.25) is 19.6 Å². The predicted octanol–water partition coefficient (Wildman–Crippen LogP) is 3.65. The number of primary amides is 1. The van der Waals surface area contributed by atoms with Gasteiger partial charge in [-0.25, -0.2) is 8.78 Å². The predicted molar refractivity (Wildman–Crippen MR) is 142 cm³/mol. The summed E-state index contributed by atoms with van der Waals surface area (Å²) in [5, 5.41) is 14.3. The average Bonchev–Trinajstić information content (AvgIpc) is 3.39. The van der Waals surface area contributed by atoms with Crippen LogP contribution in [0.25, 0.3) is 0 Å². The average molecular weight is 546 g/mol. The van der Waals surface area contributed by atoms with Crippen molar-refractivity contribution in [1.29, 1.82) is 0 Å². The Labute approximate surface area is 224 Å². The molecule has 8 nitrogen and oxygen atoms in total. The third kappa shape index (κ3) is 7.86. The number of nitrogens with zero attached hydrogens (tertiary/aromatic N) is 3. The molecule has 2 amide bonds. The van der Waals surface area contributed by atoms with Gasteiger partial charge in [-0.2, -0.15) is 0 Å². The van der Waals surface area contributed by atoms with Crippen LogP contribution in [-0.2, 0) is 13.0 Å². The summed E-state index contributed by atoms with van der Waals surface area (Å²) in [5.41, 5.74) is 8.01. The standard InChI is InChI=1S/C27H33F2N5O3S/c1-3-5-34(6-4-2)27(37)18-10-23(26(30)36)25(33-12-18)22(9-17-7-19(28)11-20(29)8-17)24(35)15-31-13-21-14-32-16-38-21/h7-8,10-12,14,16,22,24,31,35H,3-6,9,13,15H2,1-2H3,(H2,30,36)/t22-,24+/m1/s1. The fraction of sp³-hybridized carbons (Fsp3) is 0.407. The molecule has 11 heteroatoms. The van der Waals surface area contributed by atoms with Gasteiger partial charge in [0.25, 0.3) is 11.8 Å². The lowest BCUT2D eigenvalue weighted by Gasteiger charge is -2.26. The Morgan fingerprint density at radius 3 is 2.37 bits per heavy atom. The Kier molecular flexibility index (Phi) is 10.8. The molecule has 3 rings (SSSR count). The molecular weight excluding hydrogens is 512 g/mol. The number of benzene rings is 1. The topological polar surface area (TPSA) is 121 Å². The number of pyridine rings is 1. The molecule has 0 aliphatic rings. The van der Waals surface area contributed by atoms with Crippen molar-refractivity contribution in [1.82, 2.24) is 20.2 Å². The highest BCUT2D eigenvalue weighted by Gasteiger charge is 2.29. The van der Waals surface area contributed by atoms with Crippen molar-refractivity contribution in [3.63, 3.8) is 0 Å². The van der Waals surface area contributed by atoms with Gasteiger partial charge in [-0.1, -0.05) is 13.8 Å². The van der Waals surface area contributed by atoms with Crippen molar-refractivity contribution in [3.05, 3.63) is 81.1 Å². The van der Waals surface area contributed by atoms with E-state index in [1.807, 2.05) is 13.8 Å². The largest absolute Gasteiger partial charge is 0.391 e. The van der Waals surface area contributed by atoms with E-state index in [4.69, 9.17) is 5.73 Å². The zero-order valence-corrected chi connectivity index (χ0v) is 22.3. The normalized spacial score (nSPS) is 12.8. The quantitative estimate of drug-likeness (QED) is 0.284. The lowest BCUT2D eigenvalue weighted by atomic mass is 9.87. The molecule has 0 spiro atoms. The van der Waals surface area contributed by atoms with Crippen LogP contribution >= 0.6 is 11.3 Å². The molecule has 0 radical (unpaired) electrons. The Morgan fingerprint density at radius 1 is 1.11 bits per heavy atom. The van der Waals surface area contributed by atoms with Crippen LogP contribution in [0, 0.1) is 11.6 Å². The second-order valence-electron chi connectivity index (χ2n) is 9.07. The van der Waals surface area contributed by atoms with Gasteiger partial charge in [0.2, 0.25) is 0 Å². The van der Waals surface area contributed by atoms with E-state index < -0.39 is 29.6 Å². The highest BCUT2D eigenvalue weighted by Crippen LogP contribution is 2.28. The molecule has 0 aliphatic carbocycles. The molecule has 0 fully saturated rings. The first-order valence-corrected chi connectivity index (χ1v) is 13.4. The highest BCUT2D eigenvalue weighted by atomic mass is 32.1. The number of nitrogens with one attached hydrogen (secondary N) is 1. The van der Waals surface area contributed by atoms with Crippen molar-refractivity contribution >= 4 is 23.2 Å². The summed E-state index contributed by atoms with van der Waals surface area (Å²) in [6.07, 6.45) is 3.49. The number of carbonyl (C=O) groups is 2. The number of nitrogens with two attached hydrogens (primary N) is 1. The summed E-state index contributed by atoms with van der Waals surface area (Å²) in [6, 6.07) is 4.49. The summed E-state index contributed by atoms with van der Waals surface area (Å²) in [7, 11) is 0. The SMILES string of the molecule is CCCN(CCC)C(=O)c1cnc([C@H](Cc2cc(F)cc(F)c2)[C@@H](O)CNCc2cncs2)c(C(N)=O)c1. The van der Waals surface area contributed by atoms with E-state index >= 15 is 0 Å². The molecule has 38 heavy (non-hydrogen) atoms. The van der Waals surface area contributed by atoms with Crippen molar-refractivity contribution in [2.24, 2.45) is 5.73 Å². The molecule has 0 unspecified atom stereocenters. The Bertz CT molecular complexity index is 1200. The van der Waals surface area contributed by atoms with Crippen LogP contribution in [0.4, 0.5) is 8.78 Å². The summed E-state index contributed by atoms with van der Waals surface area (Å²) in [6.45, 7) is 5.60. The third-order valence-electron chi connectivity index (χ3n) is 6.03. The first kappa shape index (κ1) is 29.3. The zero-order chi connectivity index (χ0) is 27.7. The summed E-state index contributed by atoms with van der Waals surface area (Å²) >= 11 is 1.46. The minimum atomic E-state index is -1.10. The van der Waals surface area contributed by atoms with E-state index in [2.05, 4.69) is 15.3 Å². The van der Waals surface area contributed by atoms with E-state index in [-0.39, 0.29) is 41.3 Å². The number of amides is 2. The second-order valence-corrected chi connectivity index (χ2v) is 10.0. The maximum absolute atomic E-state index is 13.9. The first-order valence-electron chi connectivity index (χ1n) is 12.5. The van der Waals surface area contributed by atoms with Gasteiger partial charge >= 0.3 is 0 Å². The number of carbonyl (C=O) groups excluding carboxylic acids is 2. The van der Waals surface area contributed by atoms with Gasteiger partial charge in [0.1, 0.15) is 11.6 Å². The van der Waals surface area contributed by atoms with E-state index in [9.17, 15) is 23.5 Å². The van der Waals surface area contributed by atoms with E-state index in [0.29, 0.717) is 19.6 Å². The maximum Gasteiger partial charge on any atom is 0.255 e. The molecular formula is C27H33F2N5O3S. The van der Waals surface area contributed by atoms with Crippen LogP contribution in [-0.4, -0.2) is 57.5 Å². The Morgan fingerprint density at radius 2 is 1.79 bits per heavy atom. The molecule has 0 bridgehead atoms. The lowest BCUT2D eigenvalue weighted by Crippen LogP contribution is -2.35. The fourth-order valence-electron chi connectivity index (χ4n) is 4.34. The van der Waals surface area contributed by atoms with Gasteiger partial charge in [0.15, 0.2) is 0 Å². The van der Waals surface area contributed by atoms with Gasteiger partial charge < -0.3 is 21.1 Å². The molecule has 3 aromatic rings. The van der Waals surface area contributed by atoms with Crippen LogP contribution < -0.4 is 11.1 Å². The zero-order valence-electron chi connectivity index (χ0n) is 21.5. The highest BCUT2D eigenvalue weighted by molar-refractivity contribution is 7.09. The molecule has 4 N–H and O–H groups in total. The van der Waals surface area contributed by atoms with Crippen LogP contribution in [0.5, 0.6) is 0 Å². The van der Waals surface area contributed by atoms with Crippen molar-refractivity contribution < 1.29 is 23.5 Å². The maximum atomic E-state index is 13.9. The van der Waals surface area contributed by atoms with Crippen molar-refractivity contribution in [3.8, 4) is 0 Å². The number of hydrogen-bond donors (Lipinski definition) is 3. The number of hydrogen-bond acceptors (Lipinski definition) is 7. The molecule has 2 aromatic heterocycles. The summed E-state index contributed by atoms with van der Waals surface area (Å²) in [5.74, 6) is -3.45. The van der Waals surface area contributed by atoms with Gasteiger partial charge in [-0.05, 0) is 43.0 Å². The minimum Gasteiger partial charge on any atom is -0.391 e. The Hall–Kier alpha value is -3.28. The third-order valence-corrected chi connectivity index (χ3v) is 6.81. The monoisotopic (exact) mass is 545 g/mol. The number of halogens is 2. The lowest BCUT2D eigenvalue weighted by molar-refractivity contribution is 0.0755. The Balaban J connectivity index is 1.96. The minimum absolute atomic E-state index is 0.0174. The smallest absolute Gasteiger partial charge is 0.255 e. The van der Waals surface area contributed by atoms with Crippen molar-refractivity contribution in [2.45, 2.75) is 51.7 Å². The van der Waals surface area contributed by atoms with E-state index in [1.54, 1.807) is 16.6 Å². The molecule has 1 aromatic carbocycles. The number of thiazole rings is 1. The van der Waals surface area contributed by atoms with Gasteiger partial charge in [-0.15, -0.1) is 11.3 Å². The van der Waals surface area contributed by atoms with Crippen LogP contribution in [0.3, 0.4) is 0 Å². The molecule has 204 valence electrons. The van der Waals surface area contributed by atoms with E-state index in [1.165, 1.54) is 35.7 Å². The van der Waals surface area contributed by atoms with Crippen LogP contribution in [0.2, 0.25) is 0 Å². The molecule has 0 aliphatic heterocycles. The second kappa shape index (κ2) is 14.0.